The molecule has 2 amide bonds. The van der Waals surface area contributed by atoms with Crippen LogP contribution in [0.3, 0.4) is 0 Å². The summed E-state index contributed by atoms with van der Waals surface area (Å²) in [7, 11) is 0. The molecule has 0 fully saturated rings. The Bertz CT molecular complexity index is 492. The summed E-state index contributed by atoms with van der Waals surface area (Å²) in [6, 6.07) is 4.05. The maximum absolute atomic E-state index is 11.7. The molecule has 0 radical (unpaired) electrons. The molecule has 0 bridgehead atoms. The van der Waals surface area contributed by atoms with Gasteiger partial charge in [0.1, 0.15) is 0 Å². The highest BCUT2D eigenvalue weighted by Gasteiger charge is 2.17. The van der Waals surface area contributed by atoms with E-state index >= 15 is 0 Å². The minimum absolute atomic E-state index is 0.0800. The summed E-state index contributed by atoms with van der Waals surface area (Å²) in [4.78, 5) is 23.2. The number of rotatable bonds is 3. The van der Waals surface area contributed by atoms with Crippen molar-refractivity contribution in [1.82, 2.24) is 10.6 Å². The molecule has 0 heterocycles. The first-order valence-corrected chi connectivity index (χ1v) is 5.81. The molecule has 4 N–H and O–H groups in total. The Labute approximate surface area is 111 Å². The predicted octanol–water partition coefficient (Wildman–Crippen LogP) is 0.742. The van der Waals surface area contributed by atoms with Crippen LogP contribution in [0.1, 0.15) is 31.1 Å². The molecule has 6 nitrogen and oxygen atoms in total. The van der Waals surface area contributed by atoms with E-state index in [1.165, 1.54) is 18.2 Å². The van der Waals surface area contributed by atoms with Gasteiger partial charge in [-0.3, -0.25) is 9.59 Å². The van der Waals surface area contributed by atoms with E-state index in [4.69, 9.17) is 0 Å². The maximum atomic E-state index is 11.7. The van der Waals surface area contributed by atoms with E-state index in [0.717, 1.165) is 0 Å². The van der Waals surface area contributed by atoms with Crippen molar-refractivity contribution in [1.29, 1.82) is 0 Å². The zero-order chi connectivity index (χ0) is 14.6. The molecule has 19 heavy (non-hydrogen) atoms. The van der Waals surface area contributed by atoms with Crippen molar-refractivity contribution in [2.75, 3.05) is 6.54 Å². The van der Waals surface area contributed by atoms with Crippen LogP contribution in [0.25, 0.3) is 0 Å². The Kier molecular flexibility index (Phi) is 4.37. The lowest BCUT2D eigenvalue weighted by atomic mass is 10.1. The second kappa shape index (κ2) is 5.60. The van der Waals surface area contributed by atoms with Crippen LogP contribution in [0.2, 0.25) is 0 Å². The summed E-state index contributed by atoms with van der Waals surface area (Å²) in [6.07, 6.45) is 0. The molecule has 104 valence electrons. The van der Waals surface area contributed by atoms with Crippen LogP contribution in [-0.4, -0.2) is 34.1 Å². The normalized spacial score (nSPS) is 10.9. The number of hydrogen-bond acceptors (Lipinski definition) is 4. The standard InChI is InChI=1S/C13H18N2O4/c1-13(2,3)15-10(17)7-14-12(19)8-5-4-6-9(16)11(8)18/h4-6,16,18H,7H2,1-3H3,(H,14,19)(H,15,17). The highest BCUT2D eigenvalue weighted by Crippen LogP contribution is 2.27. The van der Waals surface area contributed by atoms with E-state index in [9.17, 15) is 19.8 Å². The first-order chi connectivity index (χ1) is 8.70. The Hall–Kier alpha value is -2.24. The number of carbonyl (C=O) groups excluding carboxylic acids is 2. The van der Waals surface area contributed by atoms with Gasteiger partial charge in [0.15, 0.2) is 11.5 Å². The van der Waals surface area contributed by atoms with Crippen LogP contribution >= 0.6 is 0 Å². The summed E-state index contributed by atoms with van der Waals surface area (Å²) >= 11 is 0. The van der Waals surface area contributed by atoms with Crippen LogP contribution in [-0.2, 0) is 4.79 Å². The van der Waals surface area contributed by atoms with Crippen LogP contribution in [0, 0.1) is 0 Å². The number of carbonyl (C=O) groups is 2. The highest BCUT2D eigenvalue weighted by molar-refractivity contribution is 5.99. The van der Waals surface area contributed by atoms with Crippen molar-refractivity contribution in [3.05, 3.63) is 23.8 Å². The van der Waals surface area contributed by atoms with Gasteiger partial charge in [0.05, 0.1) is 12.1 Å². The van der Waals surface area contributed by atoms with E-state index in [-0.39, 0.29) is 29.3 Å². The predicted molar refractivity (Wildman–Crippen MR) is 70.0 cm³/mol. The maximum Gasteiger partial charge on any atom is 0.255 e. The average Bonchev–Trinajstić information content (AvgIpc) is 2.27. The fraction of sp³-hybridized carbons (Fsp3) is 0.385. The first kappa shape index (κ1) is 14.8. The van der Waals surface area contributed by atoms with Crippen molar-refractivity contribution in [2.45, 2.75) is 26.3 Å². The van der Waals surface area contributed by atoms with Gasteiger partial charge in [-0.2, -0.15) is 0 Å². The Balaban J connectivity index is 2.61. The summed E-state index contributed by atoms with van der Waals surface area (Å²) in [6.45, 7) is 5.28. The first-order valence-electron chi connectivity index (χ1n) is 5.81. The quantitative estimate of drug-likeness (QED) is 0.606. The Morgan fingerprint density at radius 3 is 2.42 bits per heavy atom. The van der Waals surface area contributed by atoms with Crippen molar-refractivity contribution in [2.24, 2.45) is 0 Å². The van der Waals surface area contributed by atoms with Crippen LogP contribution in [0.5, 0.6) is 11.5 Å². The molecule has 6 heteroatoms. The molecular formula is C13H18N2O4. The van der Waals surface area contributed by atoms with Gasteiger partial charge in [0.2, 0.25) is 5.91 Å². The second-order valence-electron chi connectivity index (χ2n) is 5.15. The number of amides is 2. The second-order valence-corrected chi connectivity index (χ2v) is 5.15. The smallest absolute Gasteiger partial charge is 0.255 e. The number of benzene rings is 1. The molecule has 1 aromatic carbocycles. The minimum atomic E-state index is -0.627. The monoisotopic (exact) mass is 266 g/mol. The molecule has 0 aliphatic carbocycles. The molecule has 0 unspecified atom stereocenters. The molecule has 1 aromatic rings. The lowest BCUT2D eigenvalue weighted by molar-refractivity contribution is -0.121. The zero-order valence-electron chi connectivity index (χ0n) is 11.2. The fourth-order valence-electron chi connectivity index (χ4n) is 1.43. The van der Waals surface area contributed by atoms with Crippen LogP contribution < -0.4 is 10.6 Å². The minimum Gasteiger partial charge on any atom is -0.504 e. The number of nitrogens with one attached hydrogen (secondary N) is 2. The third-order valence-corrected chi connectivity index (χ3v) is 2.18. The van der Waals surface area contributed by atoms with Gasteiger partial charge >= 0.3 is 0 Å². The third-order valence-electron chi connectivity index (χ3n) is 2.18. The van der Waals surface area contributed by atoms with Crippen LogP contribution in [0.4, 0.5) is 0 Å². The third kappa shape index (κ3) is 4.50. The number of phenols is 2. The van der Waals surface area contributed by atoms with Gasteiger partial charge in [-0.15, -0.1) is 0 Å². The zero-order valence-corrected chi connectivity index (χ0v) is 11.2. The summed E-state index contributed by atoms with van der Waals surface area (Å²) in [5.74, 6) is -1.85. The average molecular weight is 266 g/mol. The molecule has 0 saturated heterocycles. The topological polar surface area (TPSA) is 98.7 Å². The van der Waals surface area contributed by atoms with Crippen molar-refractivity contribution in [3.63, 3.8) is 0 Å². The van der Waals surface area contributed by atoms with E-state index in [0.29, 0.717) is 0 Å². The lowest BCUT2D eigenvalue weighted by Crippen LogP contribution is -2.45. The van der Waals surface area contributed by atoms with Gasteiger partial charge in [-0.1, -0.05) is 6.07 Å². The molecule has 0 aliphatic heterocycles. The molecule has 0 saturated carbocycles. The van der Waals surface area contributed by atoms with Gasteiger partial charge in [0, 0.05) is 5.54 Å². The van der Waals surface area contributed by atoms with Crippen LogP contribution in [0.15, 0.2) is 18.2 Å². The Morgan fingerprint density at radius 1 is 1.21 bits per heavy atom. The summed E-state index contributed by atoms with van der Waals surface area (Å²) < 4.78 is 0. The number of phenolic OH excluding ortho intramolecular Hbond substituents is 2. The SMILES string of the molecule is CC(C)(C)NC(=O)CNC(=O)c1cccc(O)c1O. The molecule has 1 rings (SSSR count). The van der Waals surface area contributed by atoms with E-state index < -0.39 is 11.7 Å². The molecule has 0 spiro atoms. The van der Waals surface area contributed by atoms with Gasteiger partial charge in [-0.05, 0) is 32.9 Å². The van der Waals surface area contributed by atoms with E-state index in [2.05, 4.69) is 10.6 Å². The van der Waals surface area contributed by atoms with Crippen molar-refractivity contribution >= 4 is 11.8 Å². The van der Waals surface area contributed by atoms with E-state index in [1.807, 2.05) is 20.8 Å². The molecule has 0 aliphatic rings. The summed E-state index contributed by atoms with van der Waals surface area (Å²) in [5.41, 5.74) is -0.460. The number of hydrogen-bond donors (Lipinski definition) is 4. The largest absolute Gasteiger partial charge is 0.504 e. The summed E-state index contributed by atoms with van der Waals surface area (Å²) in [5, 5.41) is 23.8. The molecule has 0 atom stereocenters. The number of para-hydroxylation sites is 1. The Morgan fingerprint density at radius 2 is 1.84 bits per heavy atom. The fourth-order valence-corrected chi connectivity index (χ4v) is 1.43. The molecular weight excluding hydrogens is 248 g/mol. The van der Waals surface area contributed by atoms with Crippen molar-refractivity contribution in [3.8, 4) is 11.5 Å². The van der Waals surface area contributed by atoms with Gasteiger partial charge in [-0.25, -0.2) is 0 Å². The van der Waals surface area contributed by atoms with E-state index in [1.54, 1.807) is 0 Å². The van der Waals surface area contributed by atoms with Crippen molar-refractivity contribution < 1.29 is 19.8 Å². The highest BCUT2D eigenvalue weighted by atomic mass is 16.3. The van der Waals surface area contributed by atoms with Gasteiger partial charge in [0.25, 0.3) is 5.91 Å². The number of aromatic hydroxyl groups is 2. The van der Waals surface area contributed by atoms with Gasteiger partial charge < -0.3 is 20.8 Å². The molecule has 0 aromatic heterocycles. The lowest BCUT2D eigenvalue weighted by Gasteiger charge is -2.20.